The van der Waals surface area contributed by atoms with Gasteiger partial charge in [0, 0.05) is 25.4 Å². The van der Waals surface area contributed by atoms with Gasteiger partial charge in [-0.05, 0) is 44.5 Å². The molecule has 3 aromatic rings. The average molecular weight is 368 g/mol. The number of hydrogen-bond donors (Lipinski definition) is 1. The van der Waals surface area contributed by atoms with Crippen LogP contribution >= 0.6 is 0 Å². The highest BCUT2D eigenvalue weighted by atomic mass is 16.6. The first-order chi connectivity index (χ1) is 12.9. The van der Waals surface area contributed by atoms with Crippen molar-refractivity contribution in [3.05, 3.63) is 53.9 Å². The third kappa shape index (κ3) is 4.83. The number of alkyl carbamates (subject to hydrolysis) is 1. The average Bonchev–Trinajstić information content (AvgIpc) is 3.08. The number of benzene rings is 1. The van der Waals surface area contributed by atoms with Gasteiger partial charge in [-0.1, -0.05) is 18.2 Å². The fourth-order valence-electron chi connectivity index (χ4n) is 2.67. The first-order valence-electron chi connectivity index (χ1n) is 8.75. The minimum atomic E-state index is -0.524. The van der Waals surface area contributed by atoms with E-state index in [0.717, 1.165) is 22.3 Å². The Morgan fingerprint density at radius 2 is 2.04 bits per heavy atom. The number of nitrogens with zero attached hydrogens (tertiary/aromatic N) is 3. The summed E-state index contributed by atoms with van der Waals surface area (Å²) >= 11 is 0. The van der Waals surface area contributed by atoms with Gasteiger partial charge in [0.25, 0.3) is 0 Å². The molecule has 0 aliphatic rings. The molecule has 2 heterocycles. The molecule has 2 aromatic heterocycles. The monoisotopic (exact) mass is 368 g/mol. The topological polar surface area (TPSA) is 77.8 Å². The van der Waals surface area contributed by atoms with E-state index in [-0.39, 0.29) is 0 Å². The fraction of sp³-hybridized carbons (Fsp3) is 0.350. The van der Waals surface area contributed by atoms with Gasteiger partial charge >= 0.3 is 6.09 Å². The van der Waals surface area contributed by atoms with Gasteiger partial charge in [0.15, 0.2) is 5.82 Å². The quantitative estimate of drug-likeness (QED) is 0.745. The van der Waals surface area contributed by atoms with Crippen molar-refractivity contribution in [1.82, 2.24) is 19.9 Å². The van der Waals surface area contributed by atoms with Crippen molar-refractivity contribution in [2.75, 3.05) is 7.11 Å². The molecule has 142 valence electrons. The van der Waals surface area contributed by atoms with E-state index >= 15 is 0 Å². The van der Waals surface area contributed by atoms with Crippen molar-refractivity contribution < 1.29 is 14.3 Å². The van der Waals surface area contributed by atoms with Crippen molar-refractivity contribution >= 4 is 11.6 Å². The van der Waals surface area contributed by atoms with E-state index < -0.39 is 11.7 Å². The Labute approximate surface area is 158 Å². The summed E-state index contributed by atoms with van der Waals surface area (Å²) in [6.07, 6.45) is 1.44. The molecule has 0 aliphatic carbocycles. The van der Waals surface area contributed by atoms with E-state index in [9.17, 15) is 4.79 Å². The van der Waals surface area contributed by atoms with E-state index in [1.165, 1.54) is 0 Å². The highest BCUT2D eigenvalue weighted by Crippen LogP contribution is 2.19. The smallest absolute Gasteiger partial charge is 0.407 e. The lowest BCUT2D eigenvalue weighted by Gasteiger charge is -2.19. The Bertz CT molecular complexity index is 944. The molecule has 1 N–H and O–H groups in total. The van der Waals surface area contributed by atoms with E-state index in [0.29, 0.717) is 19.0 Å². The Kier molecular flexibility index (Phi) is 5.41. The SMILES string of the molecule is COCc1nc(-c2cccc(CNC(=O)OC(C)(C)C)c2)nn2cccc12. The summed E-state index contributed by atoms with van der Waals surface area (Å²) in [5.41, 5.74) is 3.02. The lowest BCUT2D eigenvalue weighted by molar-refractivity contribution is 0.0523. The van der Waals surface area contributed by atoms with Gasteiger partial charge in [0.2, 0.25) is 0 Å². The van der Waals surface area contributed by atoms with Crippen molar-refractivity contribution in [1.29, 1.82) is 0 Å². The molecule has 27 heavy (non-hydrogen) atoms. The minimum absolute atomic E-state index is 0.361. The van der Waals surface area contributed by atoms with E-state index in [2.05, 4.69) is 15.4 Å². The fourth-order valence-corrected chi connectivity index (χ4v) is 2.67. The minimum Gasteiger partial charge on any atom is -0.444 e. The molecule has 0 unspecified atom stereocenters. The zero-order valence-electron chi connectivity index (χ0n) is 16.0. The maximum Gasteiger partial charge on any atom is 0.407 e. The highest BCUT2D eigenvalue weighted by Gasteiger charge is 2.16. The molecular formula is C20H24N4O3. The largest absolute Gasteiger partial charge is 0.444 e. The highest BCUT2D eigenvalue weighted by molar-refractivity contribution is 5.68. The second-order valence-corrected chi connectivity index (χ2v) is 7.21. The van der Waals surface area contributed by atoms with Crippen LogP contribution in [-0.2, 0) is 22.6 Å². The van der Waals surface area contributed by atoms with Gasteiger partial charge in [0.05, 0.1) is 17.8 Å². The van der Waals surface area contributed by atoms with Crippen LogP contribution in [-0.4, -0.2) is 33.4 Å². The number of methoxy groups -OCH3 is 1. The van der Waals surface area contributed by atoms with E-state index in [1.54, 1.807) is 11.6 Å². The number of carbonyl (C=O) groups excluding carboxylic acids is 1. The molecule has 0 atom stereocenters. The molecule has 0 fully saturated rings. The number of rotatable bonds is 5. The molecule has 0 radical (unpaired) electrons. The van der Waals surface area contributed by atoms with Crippen LogP contribution in [0.3, 0.4) is 0 Å². The number of amides is 1. The van der Waals surface area contributed by atoms with Crippen LogP contribution in [0, 0.1) is 0 Å². The summed E-state index contributed by atoms with van der Waals surface area (Å²) in [6.45, 7) is 6.26. The second kappa shape index (κ2) is 7.75. The molecule has 0 aliphatic heterocycles. The van der Waals surface area contributed by atoms with Crippen molar-refractivity contribution in [3.63, 3.8) is 0 Å². The molecule has 0 saturated carbocycles. The normalized spacial score (nSPS) is 11.6. The summed E-state index contributed by atoms with van der Waals surface area (Å²) in [7, 11) is 1.64. The zero-order chi connectivity index (χ0) is 19.4. The Morgan fingerprint density at radius 1 is 1.22 bits per heavy atom. The van der Waals surface area contributed by atoms with Gasteiger partial charge < -0.3 is 14.8 Å². The summed E-state index contributed by atoms with van der Waals surface area (Å²) in [5, 5.41) is 7.34. The number of hydrogen-bond acceptors (Lipinski definition) is 5. The van der Waals surface area contributed by atoms with Crippen molar-refractivity contribution in [2.45, 2.75) is 39.5 Å². The van der Waals surface area contributed by atoms with Crippen molar-refractivity contribution in [2.24, 2.45) is 0 Å². The van der Waals surface area contributed by atoms with Gasteiger partial charge in [-0.15, -0.1) is 5.10 Å². The van der Waals surface area contributed by atoms with Gasteiger partial charge in [-0.25, -0.2) is 14.3 Å². The molecule has 7 heteroatoms. The van der Waals surface area contributed by atoms with Crippen LogP contribution in [0.4, 0.5) is 4.79 Å². The third-order valence-electron chi connectivity index (χ3n) is 3.77. The van der Waals surface area contributed by atoms with Crippen molar-refractivity contribution in [3.8, 4) is 11.4 Å². The molecule has 0 bridgehead atoms. The number of fused-ring (bicyclic) bond motifs is 1. The molecule has 0 saturated heterocycles. The van der Waals surface area contributed by atoms with Crippen LogP contribution in [0.5, 0.6) is 0 Å². The van der Waals surface area contributed by atoms with Crippen LogP contribution in [0.15, 0.2) is 42.6 Å². The Balaban J connectivity index is 1.81. The van der Waals surface area contributed by atoms with Gasteiger partial charge in [-0.2, -0.15) is 0 Å². The van der Waals surface area contributed by atoms with Crippen LogP contribution in [0.1, 0.15) is 32.0 Å². The predicted octanol–water partition coefficient (Wildman–Crippen LogP) is 3.57. The Hall–Kier alpha value is -2.93. The molecule has 7 nitrogen and oxygen atoms in total. The lowest BCUT2D eigenvalue weighted by Crippen LogP contribution is -2.32. The summed E-state index contributed by atoms with van der Waals surface area (Å²) in [4.78, 5) is 16.5. The molecule has 1 amide bonds. The summed E-state index contributed by atoms with van der Waals surface area (Å²) in [6, 6.07) is 11.6. The number of ether oxygens (including phenoxy) is 2. The summed E-state index contributed by atoms with van der Waals surface area (Å²) in [5.74, 6) is 0.602. The second-order valence-electron chi connectivity index (χ2n) is 7.21. The molecular weight excluding hydrogens is 344 g/mol. The van der Waals surface area contributed by atoms with Crippen LogP contribution in [0.25, 0.3) is 16.9 Å². The van der Waals surface area contributed by atoms with Crippen LogP contribution in [0.2, 0.25) is 0 Å². The Morgan fingerprint density at radius 3 is 2.78 bits per heavy atom. The summed E-state index contributed by atoms with van der Waals surface area (Å²) < 4.78 is 12.3. The molecule has 3 rings (SSSR count). The zero-order valence-corrected chi connectivity index (χ0v) is 16.0. The van der Waals surface area contributed by atoms with E-state index in [1.807, 2.05) is 63.4 Å². The van der Waals surface area contributed by atoms with E-state index in [4.69, 9.17) is 9.47 Å². The maximum atomic E-state index is 11.8. The van der Waals surface area contributed by atoms with Gasteiger partial charge in [-0.3, -0.25) is 0 Å². The number of nitrogens with one attached hydrogen (secondary N) is 1. The molecule has 1 aromatic carbocycles. The first kappa shape index (κ1) is 18.8. The molecule has 0 spiro atoms. The standard InChI is InChI=1S/C20H24N4O3/c1-20(2,3)27-19(25)21-12-14-7-5-8-15(11-14)18-22-16(13-26-4)17-9-6-10-24(17)23-18/h5-11H,12-13H2,1-4H3,(H,21,25). The first-order valence-corrected chi connectivity index (χ1v) is 8.75. The predicted molar refractivity (Wildman–Crippen MR) is 102 cm³/mol. The number of aromatic nitrogens is 3. The van der Waals surface area contributed by atoms with Crippen LogP contribution < -0.4 is 5.32 Å². The van der Waals surface area contributed by atoms with Gasteiger partial charge in [0.1, 0.15) is 5.60 Å². The number of carbonyl (C=O) groups is 1. The lowest BCUT2D eigenvalue weighted by atomic mass is 10.1. The maximum absolute atomic E-state index is 11.8. The third-order valence-corrected chi connectivity index (χ3v) is 3.77.